The van der Waals surface area contributed by atoms with Gasteiger partial charge in [0.25, 0.3) is 5.91 Å². The van der Waals surface area contributed by atoms with E-state index in [9.17, 15) is 9.90 Å². The molecule has 1 unspecified atom stereocenters. The second-order valence-corrected chi connectivity index (χ2v) is 5.50. The predicted octanol–water partition coefficient (Wildman–Crippen LogP) is 1.15. The lowest BCUT2D eigenvalue weighted by Gasteiger charge is -2.32. The number of nitrogens with zero attached hydrogens (tertiary/aromatic N) is 1. The lowest BCUT2D eigenvalue weighted by Crippen LogP contribution is -2.41. The number of aliphatic hydroxyl groups is 1. The summed E-state index contributed by atoms with van der Waals surface area (Å²) in [6.07, 6.45) is 1.92. The molecule has 1 fully saturated rings. The van der Waals surface area contributed by atoms with E-state index in [-0.39, 0.29) is 25.0 Å². The van der Waals surface area contributed by atoms with Crippen LogP contribution in [0, 0.1) is 24.7 Å². The fourth-order valence-corrected chi connectivity index (χ4v) is 2.66. The molecule has 0 saturated carbocycles. The third kappa shape index (κ3) is 3.84. The Hall–Kier alpha value is -1.83. The van der Waals surface area contributed by atoms with Crippen LogP contribution in [0.2, 0.25) is 0 Å². The van der Waals surface area contributed by atoms with Crippen LogP contribution < -0.4 is 5.73 Å². The van der Waals surface area contributed by atoms with Gasteiger partial charge in [-0.1, -0.05) is 23.5 Å². The molecule has 1 saturated heterocycles. The van der Waals surface area contributed by atoms with E-state index in [1.54, 1.807) is 0 Å². The molecule has 1 aromatic carbocycles. The highest BCUT2D eigenvalue weighted by Crippen LogP contribution is 2.20. The number of hydrogen-bond acceptors (Lipinski definition) is 3. The molecule has 0 radical (unpaired) electrons. The molecular formula is C17H22N2O2. The molecule has 0 aromatic heterocycles. The van der Waals surface area contributed by atoms with Gasteiger partial charge >= 0.3 is 0 Å². The molecule has 112 valence electrons. The molecule has 1 atom stereocenters. The van der Waals surface area contributed by atoms with Crippen molar-refractivity contribution in [3.63, 3.8) is 0 Å². The number of carbonyl (C=O) groups excluding carboxylic acids is 1. The number of benzene rings is 1. The van der Waals surface area contributed by atoms with Crippen molar-refractivity contribution in [2.24, 2.45) is 11.7 Å². The van der Waals surface area contributed by atoms with Crippen LogP contribution >= 0.6 is 0 Å². The quantitative estimate of drug-likeness (QED) is 0.802. The second kappa shape index (κ2) is 7.26. The second-order valence-electron chi connectivity index (χ2n) is 5.50. The Morgan fingerprint density at radius 1 is 1.52 bits per heavy atom. The van der Waals surface area contributed by atoms with Crippen molar-refractivity contribution in [2.75, 3.05) is 26.2 Å². The Bertz CT molecular complexity index is 572. The minimum atomic E-state index is -0.00169. The van der Waals surface area contributed by atoms with Crippen LogP contribution in [0.4, 0.5) is 0 Å². The Balaban J connectivity index is 2.27. The number of hydrogen-bond donors (Lipinski definition) is 2. The van der Waals surface area contributed by atoms with E-state index in [1.165, 1.54) is 0 Å². The standard InChI is InChI=1S/C17H22N2O2/c1-13-6-7-15(5-2-8-18)16(10-13)17(21)19-9-3-4-14(11-19)12-20/h6-7,10,14,20H,3-4,8-9,11-12,18H2,1H3. The highest BCUT2D eigenvalue weighted by molar-refractivity contribution is 5.97. The van der Waals surface area contributed by atoms with Crippen molar-refractivity contribution < 1.29 is 9.90 Å². The molecule has 0 bridgehead atoms. The third-order valence-electron chi connectivity index (χ3n) is 3.79. The molecule has 3 N–H and O–H groups in total. The Labute approximate surface area is 125 Å². The van der Waals surface area contributed by atoms with E-state index in [0.717, 1.165) is 30.5 Å². The normalized spacial score (nSPS) is 18.0. The minimum Gasteiger partial charge on any atom is -0.396 e. The average molecular weight is 286 g/mol. The maximum absolute atomic E-state index is 12.7. The van der Waals surface area contributed by atoms with E-state index >= 15 is 0 Å². The first-order valence-corrected chi connectivity index (χ1v) is 7.35. The molecule has 1 aromatic rings. The first-order chi connectivity index (χ1) is 10.2. The molecule has 1 heterocycles. The summed E-state index contributed by atoms with van der Waals surface area (Å²) in [7, 11) is 0. The van der Waals surface area contributed by atoms with Crippen LogP contribution in [-0.4, -0.2) is 42.2 Å². The molecule has 21 heavy (non-hydrogen) atoms. The Morgan fingerprint density at radius 3 is 3.05 bits per heavy atom. The number of rotatable bonds is 2. The molecule has 4 nitrogen and oxygen atoms in total. The van der Waals surface area contributed by atoms with Gasteiger partial charge in [0.05, 0.1) is 12.1 Å². The molecule has 0 spiro atoms. The summed E-state index contributed by atoms with van der Waals surface area (Å²) in [6, 6.07) is 5.70. The molecule has 2 rings (SSSR count). The first-order valence-electron chi connectivity index (χ1n) is 7.35. The third-order valence-corrected chi connectivity index (χ3v) is 3.79. The van der Waals surface area contributed by atoms with Crippen molar-refractivity contribution in [3.8, 4) is 11.8 Å². The molecule has 0 aliphatic carbocycles. The first kappa shape index (κ1) is 15.6. The lowest BCUT2D eigenvalue weighted by atomic mass is 9.97. The van der Waals surface area contributed by atoms with E-state index in [4.69, 9.17) is 5.73 Å². The smallest absolute Gasteiger partial charge is 0.255 e. The highest BCUT2D eigenvalue weighted by atomic mass is 16.3. The monoisotopic (exact) mass is 286 g/mol. The lowest BCUT2D eigenvalue weighted by molar-refractivity contribution is 0.0620. The van der Waals surface area contributed by atoms with Gasteiger partial charge in [-0.05, 0) is 37.8 Å². The highest BCUT2D eigenvalue weighted by Gasteiger charge is 2.25. The summed E-state index contributed by atoms with van der Waals surface area (Å²) in [4.78, 5) is 14.6. The largest absolute Gasteiger partial charge is 0.396 e. The SMILES string of the molecule is Cc1ccc(C#CCN)c(C(=O)N2CCCC(CO)C2)c1. The van der Waals surface area contributed by atoms with Gasteiger partial charge in [-0.15, -0.1) is 0 Å². The Kier molecular flexibility index (Phi) is 5.38. The zero-order chi connectivity index (χ0) is 15.2. The maximum atomic E-state index is 12.7. The van der Waals surface area contributed by atoms with Gasteiger partial charge in [0.2, 0.25) is 0 Å². The molecule has 1 amide bonds. The Morgan fingerprint density at radius 2 is 2.33 bits per heavy atom. The molecule has 1 aliphatic rings. The molecular weight excluding hydrogens is 264 g/mol. The van der Waals surface area contributed by atoms with E-state index in [0.29, 0.717) is 12.1 Å². The van der Waals surface area contributed by atoms with Crippen molar-refractivity contribution in [3.05, 3.63) is 34.9 Å². The van der Waals surface area contributed by atoms with Crippen molar-refractivity contribution in [1.82, 2.24) is 4.90 Å². The van der Waals surface area contributed by atoms with E-state index < -0.39 is 0 Å². The summed E-state index contributed by atoms with van der Waals surface area (Å²) >= 11 is 0. The van der Waals surface area contributed by atoms with Crippen LogP contribution in [-0.2, 0) is 0 Å². The van der Waals surface area contributed by atoms with Gasteiger partial charge in [0.1, 0.15) is 0 Å². The van der Waals surface area contributed by atoms with Crippen molar-refractivity contribution in [1.29, 1.82) is 0 Å². The minimum absolute atomic E-state index is 0.00169. The van der Waals surface area contributed by atoms with Gasteiger partial charge in [0, 0.05) is 25.3 Å². The van der Waals surface area contributed by atoms with E-state index in [2.05, 4.69) is 11.8 Å². The van der Waals surface area contributed by atoms with Crippen LogP contribution in [0.25, 0.3) is 0 Å². The summed E-state index contributed by atoms with van der Waals surface area (Å²) in [5.74, 6) is 5.97. The predicted molar refractivity (Wildman–Crippen MR) is 82.8 cm³/mol. The number of amides is 1. The van der Waals surface area contributed by atoms with Crippen LogP contribution in [0.5, 0.6) is 0 Å². The number of piperidine rings is 1. The van der Waals surface area contributed by atoms with Gasteiger partial charge in [-0.3, -0.25) is 4.79 Å². The topological polar surface area (TPSA) is 66.6 Å². The number of aliphatic hydroxyl groups excluding tert-OH is 1. The van der Waals surface area contributed by atoms with Crippen molar-refractivity contribution in [2.45, 2.75) is 19.8 Å². The fraction of sp³-hybridized carbons (Fsp3) is 0.471. The number of nitrogens with two attached hydrogens (primary N) is 1. The summed E-state index contributed by atoms with van der Waals surface area (Å²) < 4.78 is 0. The zero-order valence-corrected chi connectivity index (χ0v) is 12.4. The maximum Gasteiger partial charge on any atom is 0.255 e. The van der Waals surface area contributed by atoms with Crippen LogP contribution in [0.15, 0.2) is 18.2 Å². The zero-order valence-electron chi connectivity index (χ0n) is 12.4. The van der Waals surface area contributed by atoms with Gasteiger partial charge in [-0.2, -0.15) is 0 Å². The molecule has 1 aliphatic heterocycles. The summed E-state index contributed by atoms with van der Waals surface area (Å²) in [6.45, 7) is 3.74. The summed E-state index contributed by atoms with van der Waals surface area (Å²) in [5, 5.41) is 9.30. The van der Waals surface area contributed by atoms with Gasteiger partial charge in [-0.25, -0.2) is 0 Å². The number of likely N-dealkylation sites (tertiary alicyclic amines) is 1. The number of aryl methyl sites for hydroxylation is 1. The van der Waals surface area contributed by atoms with E-state index in [1.807, 2.05) is 30.0 Å². The van der Waals surface area contributed by atoms with Crippen LogP contribution in [0.3, 0.4) is 0 Å². The molecule has 4 heteroatoms. The van der Waals surface area contributed by atoms with Gasteiger partial charge in [0.15, 0.2) is 0 Å². The average Bonchev–Trinajstić information content (AvgIpc) is 2.53. The summed E-state index contributed by atoms with van der Waals surface area (Å²) in [5.41, 5.74) is 7.81. The number of carbonyl (C=O) groups is 1. The van der Waals surface area contributed by atoms with Gasteiger partial charge < -0.3 is 15.7 Å². The van der Waals surface area contributed by atoms with Crippen LogP contribution in [0.1, 0.15) is 34.3 Å². The fourth-order valence-electron chi connectivity index (χ4n) is 2.66. The van der Waals surface area contributed by atoms with Crippen molar-refractivity contribution >= 4 is 5.91 Å².